The molecule has 62 heavy (non-hydrogen) atoms. The van der Waals surface area contributed by atoms with Crippen LogP contribution >= 0.6 is 25.3 Å². The van der Waals surface area contributed by atoms with Gasteiger partial charge in [-0.15, -0.1) is 0 Å². The van der Waals surface area contributed by atoms with Crippen molar-refractivity contribution in [2.24, 2.45) is 23.1 Å². The van der Waals surface area contributed by atoms with Gasteiger partial charge in [-0.3, -0.25) is 33.6 Å². The van der Waals surface area contributed by atoms with Crippen LogP contribution in [0.2, 0.25) is 0 Å². The second kappa shape index (κ2) is 24.9. The van der Waals surface area contributed by atoms with Crippen molar-refractivity contribution in [3.8, 4) is 5.75 Å². The lowest BCUT2D eigenvalue weighted by Gasteiger charge is -2.29. The zero-order valence-electron chi connectivity index (χ0n) is 34.9. The van der Waals surface area contributed by atoms with E-state index in [1.807, 2.05) is 24.3 Å². The van der Waals surface area contributed by atoms with Gasteiger partial charge in [-0.1, -0.05) is 44.2 Å². The van der Waals surface area contributed by atoms with Gasteiger partial charge in [-0.25, -0.2) is 0 Å². The zero-order valence-corrected chi connectivity index (χ0v) is 36.7. The van der Waals surface area contributed by atoms with Crippen LogP contribution in [0.1, 0.15) is 51.2 Å². The Morgan fingerprint density at radius 2 is 1.23 bits per heavy atom. The number of unbranched alkanes of at least 4 members (excludes halogenated alkanes) is 1. The summed E-state index contributed by atoms with van der Waals surface area (Å²) in [4.78, 5) is 97.1. The first-order valence-electron chi connectivity index (χ1n) is 20.2. The number of phenols is 1. The van der Waals surface area contributed by atoms with Gasteiger partial charge in [0.25, 0.3) is 0 Å². The van der Waals surface area contributed by atoms with E-state index < -0.39 is 95.7 Å². The van der Waals surface area contributed by atoms with Crippen molar-refractivity contribution in [2.45, 2.75) is 101 Å². The van der Waals surface area contributed by atoms with Gasteiger partial charge in [-0.2, -0.15) is 25.3 Å². The highest BCUT2D eigenvalue weighted by Crippen LogP contribution is 2.20. The predicted molar refractivity (Wildman–Crippen MR) is 240 cm³/mol. The first-order valence-corrected chi connectivity index (χ1v) is 21.5. The number of carbonyl (C=O) groups is 7. The maximum absolute atomic E-state index is 14.4. The average Bonchev–Trinajstić information content (AvgIpc) is 3.65. The number of aromatic hydroxyl groups is 1. The van der Waals surface area contributed by atoms with Crippen molar-refractivity contribution < 1.29 is 43.8 Å². The predicted octanol–water partition coefficient (Wildman–Crippen LogP) is -1.59. The standard InChI is InChI=1S/C41H60N10O9S2/c1-21(2)33(41(60)49-32(20-62)40(59)51-34(22(3)52)35(44)54)50-37(56)29(10-6-7-15-42)46-39(58)31(17-24-18-45-28-9-5-4-8-26(24)28)48-38(57)30(47-36(55)27(43)19-61)16-23-11-13-25(53)14-12-23/h4-5,8-9,11-14,18,21-22,27,29-34,45,52-53,61-62H,6-7,10,15-17,19-20,42-43H2,1-3H3,(H2,44,54)(H,46,58)(H,47,55)(H,48,57)(H,49,60)(H,50,56)(H,51,59)/t22-,27+,29+,30+,31-,32+,33+,34+/m1/s1. The fourth-order valence-electron chi connectivity index (χ4n) is 6.40. The normalized spacial score (nSPS) is 15.2. The van der Waals surface area contributed by atoms with Crippen molar-refractivity contribution in [3.05, 3.63) is 65.9 Å². The Morgan fingerprint density at radius 3 is 1.81 bits per heavy atom. The molecular formula is C41H60N10O9S2. The Labute approximate surface area is 371 Å². The van der Waals surface area contributed by atoms with Crippen LogP contribution in [0.5, 0.6) is 5.75 Å². The van der Waals surface area contributed by atoms with Crippen LogP contribution in [0.25, 0.3) is 10.9 Å². The molecule has 0 aliphatic rings. The van der Waals surface area contributed by atoms with Crippen LogP contribution in [-0.2, 0) is 46.4 Å². The molecule has 15 N–H and O–H groups in total. The summed E-state index contributed by atoms with van der Waals surface area (Å²) in [5.41, 5.74) is 19.0. The number of nitrogens with two attached hydrogens (primary N) is 3. The summed E-state index contributed by atoms with van der Waals surface area (Å²) in [6.07, 6.45) is 1.26. The molecule has 3 rings (SSSR count). The van der Waals surface area contributed by atoms with Crippen LogP contribution in [0.3, 0.4) is 0 Å². The van der Waals surface area contributed by atoms with Gasteiger partial charge in [0, 0.05) is 41.4 Å². The van der Waals surface area contributed by atoms with E-state index in [2.05, 4.69) is 62.1 Å². The number of aliphatic hydroxyl groups excluding tert-OH is 1. The van der Waals surface area contributed by atoms with Crippen LogP contribution in [0, 0.1) is 5.92 Å². The van der Waals surface area contributed by atoms with E-state index in [9.17, 15) is 43.8 Å². The molecule has 19 nitrogen and oxygen atoms in total. The SMILES string of the molecule is CC(C)[C@H](NC(=O)[C@H](CCCCN)NC(=O)[C@@H](Cc1c[nH]c2ccccc12)NC(=O)[C@H](Cc1ccc(O)cc1)NC(=O)[C@@H](N)CS)C(=O)N[C@@H](CS)C(=O)N[C@H](C(N)=O)[C@@H](C)O. The van der Waals surface area contributed by atoms with E-state index in [1.54, 1.807) is 32.2 Å². The summed E-state index contributed by atoms with van der Waals surface area (Å²) < 4.78 is 0. The summed E-state index contributed by atoms with van der Waals surface area (Å²) in [6.45, 7) is 4.86. The van der Waals surface area contributed by atoms with E-state index in [0.717, 1.165) is 10.9 Å². The van der Waals surface area contributed by atoms with Gasteiger partial charge in [0.1, 0.15) is 42.0 Å². The van der Waals surface area contributed by atoms with Crippen LogP contribution in [0.15, 0.2) is 54.7 Å². The molecule has 8 atom stereocenters. The monoisotopic (exact) mass is 900 g/mol. The number of thiol groups is 2. The Morgan fingerprint density at radius 1 is 0.677 bits per heavy atom. The number of phenolic OH excluding ortho intramolecular Hbond substituents is 1. The summed E-state index contributed by atoms with van der Waals surface area (Å²) in [7, 11) is 0. The molecule has 0 saturated heterocycles. The molecule has 3 aromatic rings. The molecule has 0 unspecified atom stereocenters. The van der Waals surface area contributed by atoms with Crippen molar-refractivity contribution in [2.75, 3.05) is 18.1 Å². The molecule has 7 amide bonds. The van der Waals surface area contributed by atoms with Gasteiger partial charge in [0.15, 0.2) is 0 Å². The van der Waals surface area contributed by atoms with E-state index >= 15 is 0 Å². The summed E-state index contributed by atoms with van der Waals surface area (Å²) in [6, 6.07) is 4.56. The molecule has 1 heterocycles. The Kier molecular flexibility index (Phi) is 20.5. The van der Waals surface area contributed by atoms with Crippen LogP contribution < -0.4 is 49.1 Å². The number of carbonyl (C=O) groups excluding carboxylic acids is 7. The summed E-state index contributed by atoms with van der Waals surface area (Å²) in [5.74, 6) is -6.28. The number of primary amides is 1. The van der Waals surface area contributed by atoms with E-state index in [4.69, 9.17) is 17.2 Å². The number of amides is 7. The first-order chi connectivity index (χ1) is 29.4. The average molecular weight is 901 g/mol. The number of hydrogen-bond acceptors (Lipinski definition) is 13. The number of benzene rings is 2. The molecular weight excluding hydrogens is 841 g/mol. The maximum atomic E-state index is 14.4. The maximum Gasteiger partial charge on any atom is 0.244 e. The van der Waals surface area contributed by atoms with Gasteiger partial charge in [-0.05, 0) is 68.0 Å². The highest BCUT2D eigenvalue weighted by atomic mass is 32.1. The highest BCUT2D eigenvalue weighted by molar-refractivity contribution is 7.80. The number of aliphatic hydroxyl groups is 1. The quantitative estimate of drug-likeness (QED) is 0.0340. The van der Waals surface area contributed by atoms with Crippen molar-refractivity contribution in [3.63, 3.8) is 0 Å². The molecule has 0 spiro atoms. The van der Waals surface area contributed by atoms with Crippen LogP contribution in [0.4, 0.5) is 0 Å². The number of nitrogens with one attached hydrogen (secondary N) is 7. The number of aromatic nitrogens is 1. The molecule has 21 heteroatoms. The Balaban J connectivity index is 1.93. The van der Waals surface area contributed by atoms with Crippen molar-refractivity contribution in [1.82, 2.24) is 36.9 Å². The van der Waals surface area contributed by atoms with Gasteiger partial charge in [0.2, 0.25) is 41.4 Å². The third-order valence-corrected chi connectivity index (χ3v) is 10.8. The fourth-order valence-corrected chi connectivity index (χ4v) is 6.83. The number of H-pyrrole nitrogens is 1. The first kappa shape index (κ1) is 51.0. The number of hydrogen-bond donors (Lipinski definition) is 14. The molecule has 0 aliphatic heterocycles. The topological polar surface area (TPSA) is 326 Å². The van der Waals surface area contributed by atoms with Crippen LogP contribution in [-0.4, -0.2) is 123 Å². The largest absolute Gasteiger partial charge is 0.508 e. The van der Waals surface area contributed by atoms with Gasteiger partial charge < -0.3 is 64.3 Å². The molecule has 1 aromatic heterocycles. The second-order valence-electron chi connectivity index (χ2n) is 15.3. The Bertz CT molecular complexity index is 2000. The lowest BCUT2D eigenvalue weighted by Crippen LogP contribution is -2.61. The number of aromatic amines is 1. The molecule has 2 aromatic carbocycles. The van der Waals surface area contributed by atoms with Gasteiger partial charge >= 0.3 is 0 Å². The molecule has 0 saturated carbocycles. The van der Waals surface area contributed by atoms with Crippen molar-refractivity contribution in [1.29, 1.82) is 0 Å². The highest BCUT2D eigenvalue weighted by Gasteiger charge is 2.35. The second-order valence-corrected chi connectivity index (χ2v) is 16.0. The van der Waals surface area contributed by atoms with Gasteiger partial charge in [0.05, 0.1) is 12.1 Å². The molecule has 0 bridgehead atoms. The third kappa shape index (κ3) is 15.2. The molecule has 0 aliphatic carbocycles. The number of para-hydroxylation sites is 1. The summed E-state index contributed by atoms with van der Waals surface area (Å²) >= 11 is 8.26. The number of fused-ring (bicyclic) bond motifs is 1. The third-order valence-electron chi connectivity index (χ3n) is 10.0. The molecule has 0 radical (unpaired) electrons. The lowest BCUT2D eigenvalue weighted by molar-refractivity contribution is -0.136. The smallest absolute Gasteiger partial charge is 0.244 e. The van der Waals surface area contributed by atoms with Crippen molar-refractivity contribution >= 4 is 77.5 Å². The van der Waals surface area contributed by atoms with E-state index in [-0.39, 0.29) is 36.5 Å². The fraction of sp³-hybridized carbons (Fsp3) is 0.488. The minimum absolute atomic E-state index is 0.00492. The minimum Gasteiger partial charge on any atom is -0.508 e. The number of rotatable bonds is 25. The van der Waals surface area contributed by atoms with E-state index in [0.29, 0.717) is 30.5 Å². The minimum atomic E-state index is -1.44. The molecule has 340 valence electrons. The molecule has 0 fully saturated rings. The van der Waals surface area contributed by atoms with E-state index in [1.165, 1.54) is 19.1 Å². The zero-order chi connectivity index (χ0) is 46.1. The Hall–Kier alpha value is -5.35. The lowest BCUT2D eigenvalue weighted by atomic mass is 10.00. The summed E-state index contributed by atoms with van der Waals surface area (Å²) in [5, 5.41) is 36.2.